The summed E-state index contributed by atoms with van der Waals surface area (Å²) in [5, 5.41) is 29.6. The van der Waals surface area contributed by atoms with Crippen LogP contribution in [0.1, 0.15) is 268 Å². The molecule has 2 heterocycles. The second-order valence-corrected chi connectivity index (χ2v) is 56.6. The largest absolute Gasteiger partial charge is 0.501 e. The average Bonchev–Trinajstić information content (AvgIpc) is 0.835. The van der Waals surface area contributed by atoms with Crippen LogP contribution >= 0.6 is 0 Å². The fraction of sp³-hybridized carbons (Fsp3) is 0.855. The molecule has 0 aliphatic carbocycles. The molecule has 48 nitrogen and oxygen atoms in total. The first-order chi connectivity index (χ1) is 67.3. The lowest BCUT2D eigenvalue weighted by Gasteiger charge is -2.39. The number of hydrogen-bond acceptors (Lipinski definition) is 50. The number of amides is 8. The number of urea groups is 4. The van der Waals surface area contributed by atoms with Gasteiger partial charge in [0.15, 0.2) is 0 Å². The molecule has 2 rings (SSSR count). The smallest absolute Gasteiger partial charge is 0.377 e. The van der Waals surface area contributed by atoms with Crippen LogP contribution in [-0.2, 0) is 192 Å². The maximum absolute atomic E-state index is 11.4. The number of nitrogens with one attached hydrogen (secondary N) is 14. The number of hydrazone groups is 2. The number of nitrogen functional groups attached to an aromatic ring is 3. The fourth-order valence-corrected chi connectivity index (χ4v) is 28.7. The van der Waals surface area contributed by atoms with Crippen LogP contribution in [0.2, 0.25) is 36.3 Å². The molecule has 2 aromatic heterocycles. The van der Waals surface area contributed by atoms with Crippen LogP contribution < -0.4 is 98.5 Å². The van der Waals surface area contributed by atoms with E-state index in [1.807, 2.05) is 213 Å². The molecule has 0 radical (unpaired) electrons. The number of nitrogens with zero attached hydrogens (tertiary/aromatic N) is 8. The summed E-state index contributed by atoms with van der Waals surface area (Å²) in [7, 11) is -0.628. The topological polar surface area (TPSA) is 609 Å². The van der Waals surface area contributed by atoms with Crippen LogP contribution in [0.15, 0.2) is 10.2 Å². The van der Waals surface area contributed by atoms with Crippen LogP contribution in [0.3, 0.4) is 0 Å². The molecule has 0 bridgehead atoms. The van der Waals surface area contributed by atoms with Crippen LogP contribution in [-0.4, -0.2) is 286 Å². The third kappa shape index (κ3) is 94.0. The second-order valence-electron chi connectivity index (χ2n) is 40.1. The molecule has 0 saturated heterocycles. The molecule has 0 spiro atoms. The molecule has 0 aromatic carbocycles. The molecule has 64 heteroatoms. The van der Waals surface area contributed by atoms with Crippen LogP contribution in [0.25, 0.3) is 0 Å². The van der Waals surface area contributed by atoms with Gasteiger partial charge in [-0.25, -0.2) is 53.4 Å². The first-order valence-electron chi connectivity index (χ1n) is 46.3. The normalized spacial score (nSPS) is 12.0. The van der Waals surface area contributed by atoms with E-state index in [4.69, 9.17) is 103 Å². The van der Waals surface area contributed by atoms with E-state index in [1.165, 1.54) is 6.21 Å². The third-order valence-corrected chi connectivity index (χ3v) is 35.6. The maximum Gasteiger partial charge on any atom is 0.501 e. The van der Waals surface area contributed by atoms with Gasteiger partial charge in [-0.1, -0.05) is 7.43 Å². The minimum Gasteiger partial charge on any atom is -0.377 e. The molecule has 868 valence electrons. The summed E-state index contributed by atoms with van der Waals surface area (Å²) in [4.78, 5) is 69.2. The quantitative estimate of drug-likeness (QED) is 0.00730. The lowest BCUT2D eigenvalue weighted by atomic mass is 10.2. The Morgan fingerprint density at radius 3 is 0.639 bits per heavy atom. The van der Waals surface area contributed by atoms with Gasteiger partial charge in [-0.3, -0.25) is 21.7 Å². The van der Waals surface area contributed by atoms with Crippen molar-refractivity contribution in [1.82, 2.24) is 72.7 Å². The first kappa shape index (κ1) is 163. The Balaban J connectivity index is -0.000000189. The van der Waals surface area contributed by atoms with Gasteiger partial charge in [0.2, 0.25) is 35.7 Å². The average molecular weight is 2390 g/mol. The zero-order chi connectivity index (χ0) is 116. The van der Waals surface area contributed by atoms with E-state index in [0.29, 0.717) is 100 Å². The number of carbonyl (C=O) groups is 4. The van der Waals surface area contributed by atoms with Crippen LogP contribution in [0.4, 0.5) is 54.9 Å². The van der Waals surface area contributed by atoms with Crippen molar-refractivity contribution in [3.63, 3.8) is 0 Å². The van der Waals surface area contributed by atoms with Gasteiger partial charge in [0, 0.05) is 271 Å². The molecule has 8 amide bonds. The van der Waals surface area contributed by atoms with Crippen LogP contribution in [0.5, 0.6) is 0 Å². The maximum atomic E-state index is 11.4. The van der Waals surface area contributed by atoms with Crippen LogP contribution in [0, 0.1) is 0 Å². The molecule has 0 unspecified atom stereocenters. The van der Waals surface area contributed by atoms with Crippen molar-refractivity contribution in [2.45, 2.75) is 360 Å². The molecular weight excluding hydrogens is 2200 g/mol. The van der Waals surface area contributed by atoms with Gasteiger partial charge >= 0.3 is 77.0 Å². The Hall–Kier alpha value is -4.14. The Bertz CT molecular complexity index is 3600. The molecule has 22 N–H and O–H groups in total. The standard InChI is InChI=1S/C17H36N8O3Si.C15H34N8O3Si.C15H33N3O4Si.C14H32N2O4Si.C13H31N3O4Si.C8H20N2O4Si.CH4.5S2/c1-9-20-25-15-22-13(21-14(23-15)24-18)19-11-10-12-29(26-8,27-16(2,3)4)28-17(5,6)7;1-14(2,3)25-27(24-7,26-15(4,5)6)10-8-9-18-11-19-12(22-16)21-13(20-11)23-17;1-9-17-18-13(19)16-11-10-12-23(20-8,21-14(2,3)4)22-15(5,6)7;1-13(2,3)19-21(18-8,20-14(4,5)6)11-9-10-16-12(17)15-7;1-12(2,3)19-21(18-7,20-13(4,5)6)10-8-9-15-11(17)16-14;1-9-8(11)10-6-5-7-15(12-2,13-3)14-4;;5*1-2/h9H,10-12,18H2,1-8H3,(H3,19,21,22,23,24,25);8-10,16-17H2,1-7H3,(H3,18,19,20,21,22,23);9H,10-12H2,1-8H3,(H2,16,18,19);9-11H2,1-8H3,(H2,15,16,17);8-10,14H2,1-7H3,(H2,15,16,17);5-7H2,1-4H3,(H2,9,10,11);1H4;;;;;/b20-9+;;17-9+;;;;;;;;;. The molecule has 0 fully saturated rings. The van der Waals surface area contributed by atoms with E-state index in [1.54, 1.807) is 91.0 Å². The van der Waals surface area contributed by atoms with Gasteiger partial charge in [0.25, 0.3) is 0 Å². The van der Waals surface area contributed by atoms with Crippen molar-refractivity contribution in [2.24, 2.45) is 33.6 Å². The predicted octanol–water partition coefficient (Wildman–Crippen LogP) is 12.0. The van der Waals surface area contributed by atoms with Gasteiger partial charge < -0.3 is 122 Å². The predicted molar refractivity (Wildman–Crippen MR) is 630 cm³/mol. The molecule has 2 aromatic rings. The van der Waals surface area contributed by atoms with Crippen molar-refractivity contribution in [1.29, 1.82) is 0 Å². The van der Waals surface area contributed by atoms with E-state index >= 15 is 0 Å². The molecular formula is C83H190N26O22S10Si6. The Morgan fingerprint density at radius 1 is 0.279 bits per heavy atom. The highest BCUT2D eigenvalue weighted by molar-refractivity contribution is 8.08. The minimum absolute atomic E-state index is 0. The van der Waals surface area contributed by atoms with Crippen molar-refractivity contribution in [2.75, 3.05) is 143 Å². The summed E-state index contributed by atoms with van der Waals surface area (Å²) in [6.07, 6.45) is 7.43. The fourth-order valence-electron chi connectivity index (χ4n) is 11.5. The van der Waals surface area contributed by atoms with Gasteiger partial charge in [0.1, 0.15) is 0 Å². The van der Waals surface area contributed by atoms with E-state index in [0.717, 1.165) is 25.7 Å². The molecule has 0 atom stereocenters. The van der Waals surface area contributed by atoms with Gasteiger partial charge in [-0.2, -0.15) is 40.1 Å². The van der Waals surface area contributed by atoms with Gasteiger partial charge in [0.05, 0.1) is 56.0 Å². The summed E-state index contributed by atoms with van der Waals surface area (Å²) in [6.45, 7) is 66.3. The summed E-state index contributed by atoms with van der Waals surface area (Å²) in [6, 6.07) is 2.74. The van der Waals surface area contributed by atoms with Crippen molar-refractivity contribution in [3.8, 4) is 0 Å². The van der Waals surface area contributed by atoms with E-state index in [9.17, 15) is 19.2 Å². The number of nitrogens with two attached hydrogens (primary N) is 4. The van der Waals surface area contributed by atoms with E-state index in [-0.39, 0.29) is 105 Å². The van der Waals surface area contributed by atoms with Gasteiger partial charge in [-0.15, -0.1) is 0 Å². The lowest BCUT2D eigenvalue weighted by Crippen LogP contribution is -2.53. The Labute approximate surface area is 937 Å². The highest BCUT2D eigenvalue weighted by Crippen LogP contribution is 2.35. The minimum atomic E-state index is -2.88. The third-order valence-electron chi connectivity index (χ3n) is 15.6. The van der Waals surface area contributed by atoms with Gasteiger partial charge in [-0.05, 0) is 260 Å². The number of carbonyl (C=O) groups excluding carboxylic acids is 4. The Kier molecular flexibility index (Phi) is 94.3. The molecule has 0 aliphatic rings. The van der Waals surface area contributed by atoms with Crippen molar-refractivity contribution in [3.05, 3.63) is 0 Å². The highest BCUT2D eigenvalue weighted by atomic mass is 32.8. The summed E-state index contributed by atoms with van der Waals surface area (Å²) >= 11 is 36.7. The highest BCUT2D eigenvalue weighted by Gasteiger charge is 2.51. The second kappa shape index (κ2) is 85.1. The van der Waals surface area contributed by atoms with Crippen molar-refractivity contribution < 1.29 is 98.8 Å². The number of hydrazine groups is 4. The van der Waals surface area contributed by atoms with E-state index < -0.39 is 58.9 Å². The number of hydrogen-bond donors (Lipinski definition) is 18. The number of aromatic nitrogens is 6. The first-order valence-corrected chi connectivity index (χ1v) is 64.6. The lowest BCUT2D eigenvalue weighted by molar-refractivity contribution is -0.0379. The molecule has 147 heavy (non-hydrogen) atoms. The van der Waals surface area contributed by atoms with Crippen molar-refractivity contribution >= 4 is 237 Å². The SMILES string of the molecule is C.C/C=N/NC(=O)NCCC[Si](OC)(OC(C)(C)C)OC(C)(C)C.C/C=N/Nc1nc(NN)nc(NCCC[Si](OC)(OC(C)(C)C)OC(C)(C)C)n1.CNC(=O)NCCC[Si](OC)(OC(C)(C)C)OC(C)(C)C.CNC(=O)NCCC[Si](OC)(OC)OC.CO[Si](CCCNC(=O)NN)(OC(C)(C)C)OC(C)(C)C.CO[Si](CCCNc1nc(NN)nc(NN)n1)(OC(C)(C)C)OC(C)(C)C.S=S.S=S.S=S.S=S.S=S. The zero-order valence-electron chi connectivity index (χ0n) is 94.8. The number of anilines is 6. The number of rotatable bonds is 50. The summed E-state index contributed by atoms with van der Waals surface area (Å²) < 4.78 is 106. The monoisotopic (exact) mass is 2390 g/mol. The zero-order valence-corrected chi connectivity index (χ0v) is 109. The summed E-state index contributed by atoms with van der Waals surface area (Å²) in [5.74, 6) is 22.8. The van der Waals surface area contributed by atoms with E-state index in [2.05, 4.69) is 222 Å². The molecule has 0 saturated carbocycles. The molecule has 0 aliphatic heterocycles. The Morgan fingerprint density at radius 2 is 0.456 bits per heavy atom. The summed E-state index contributed by atoms with van der Waals surface area (Å²) in [5.41, 5.74) is 10.6.